The molecule has 0 fully saturated rings. The highest BCUT2D eigenvalue weighted by atomic mass is 35.5. The summed E-state index contributed by atoms with van der Waals surface area (Å²) in [6, 6.07) is 18.0. The number of halogens is 1. The van der Waals surface area contributed by atoms with Gasteiger partial charge in [-0.1, -0.05) is 48.0 Å². The average molecular weight is 323 g/mol. The Morgan fingerprint density at radius 2 is 1.91 bits per heavy atom. The van der Waals surface area contributed by atoms with Gasteiger partial charge in [-0.15, -0.1) is 0 Å². The summed E-state index contributed by atoms with van der Waals surface area (Å²) in [4.78, 5) is 16.8. The van der Waals surface area contributed by atoms with Gasteiger partial charge < -0.3 is 4.74 Å². The molecule has 0 amide bonds. The zero-order valence-electron chi connectivity index (χ0n) is 12.0. The lowest BCUT2D eigenvalue weighted by Gasteiger charge is -2.09. The van der Waals surface area contributed by atoms with Crippen molar-refractivity contribution in [3.8, 4) is 17.3 Å². The lowest BCUT2D eigenvalue weighted by atomic mass is 10.0. The van der Waals surface area contributed by atoms with Crippen LogP contribution in [-0.4, -0.2) is 17.6 Å². The molecule has 0 atom stereocenters. The Hall–Kier alpha value is -2.90. The van der Waals surface area contributed by atoms with Crippen LogP contribution in [0.1, 0.15) is 10.4 Å². The molecule has 1 aromatic heterocycles. The van der Waals surface area contributed by atoms with Crippen molar-refractivity contribution in [3.05, 3.63) is 65.2 Å². The van der Waals surface area contributed by atoms with Crippen LogP contribution in [0.5, 0.6) is 0 Å². The van der Waals surface area contributed by atoms with E-state index in [9.17, 15) is 4.79 Å². The second-order valence-electron chi connectivity index (χ2n) is 4.79. The molecule has 0 saturated carbocycles. The topological polar surface area (TPSA) is 63.0 Å². The van der Waals surface area contributed by atoms with Crippen molar-refractivity contribution in [2.75, 3.05) is 6.61 Å². The molecule has 0 saturated heterocycles. The van der Waals surface area contributed by atoms with Gasteiger partial charge in [0, 0.05) is 16.0 Å². The minimum Gasteiger partial charge on any atom is -0.447 e. The smallest absolute Gasteiger partial charge is 0.339 e. The number of rotatable bonds is 3. The molecule has 23 heavy (non-hydrogen) atoms. The number of benzene rings is 2. The summed E-state index contributed by atoms with van der Waals surface area (Å²) in [6.07, 6.45) is 0. The van der Waals surface area contributed by atoms with Gasteiger partial charge in [-0.25, -0.2) is 9.78 Å². The van der Waals surface area contributed by atoms with Crippen LogP contribution in [-0.2, 0) is 4.74 Å². The van der Waals surface area contributed by atoms with E-state index in [2.05, 4.69) is 4.98 Å². The molecule has 0 unspecified atom stereocenters. The van der Waals surface area contributed by atoms with Crippen molar-refractivity contribution in [1.29, 1.82) is 5.26 Å². The van der Waals surface area contributed by atoms with Crippen LogP contribution >= 0.6 is 11.6 Å². The number of nitriles is 1. The van der Waals surface area contributed by atoms with Gasteiger partial charge in [-0.2, -0.15) is 5.26 Å². The first-order valence-corrected chi connectivity index (χ1v) is 7.27. The highest BCUT2D eigenvalue weighted by Crippen LogP contribution is 2.29. The van der Waals surface area contributed by atoms with Crippen LogP contribution in [0.4, 0.5) is 0 Å². The lowest BCUT2D eigenvalue weighted by Crippen LogP contribution is -2.07. The Morgan fingerprint density at radius 1 is 1.17 bits per heavy atom. The maximum absolute atomic E-state index is 12.3. The Morgan fingerprint density at radius 3 is 2.70 bits per heavy atom. The monoisotopic (exact) mass is 322 g/mol. The quantitative estimate of drug-likeness (QED) is 0.677. The highest BCUT2D eigenvalue weighted by molar-refractivity contribution is 6.33. The molecule has 5 heteroatoms. The van der Waals surface area contributed by atoms with Gasteiger partial charge in [0.15, 0.2) is 6.61 Å². The van der Waals surface area contributed by atoms with Crippen LogP contribution in [0.15, 0.2) is 54.6 Å². The normalized spacial score (nSPS) is 10.3. The number of esters is 1. The number of fused-ring (bicyclic) bond motifs is 1. The summed E-state index contributed by atoms with van der Waals surface area (Å²) in [5.74, 6) is -0.557. The first-order chi connectivity index (χ1) is 11.2. The Kier molecular flexibility index (Phi) is 4.22. The molecule has 0 radical (unpaired) electrons. The standard InChI is InChI=1S/C18H11ClN2O2/c19-15-7-3-1-6-13(15)17-11-14(18(22)23-10-9-20)12-5-2-4-8-16(12)21-17/h1-8,11H,10H2. The zero-order valence-corrected chi connectivity index (χ0v) is 12.7. The van der Waals surface area contributed by atoms with Crippen molar-refractivity contribution in [2.24, 2.45) is 0 Å². The molecule has 2 aromatic carbocycles. The number of aromatic nitrogens is 1. The third-order valence-electron chi connectivity index (χ3n) is 3.35. The molecule has 0 N–H and O–H groups in total. The lowest BCUT2D eigenvalue weighted by molar-refractivity contribution is 0.0557. The maximum atomic E-state index is 12.3. The zero-order chi connectivity index (χ0) is 16.2. The van der Waals surface area contributed by atoms with E-state index in [4.69, 9.17) is 21.6 Å². The van der Waals surface area contributed by atoms with E-state index < -0.39 is 5.97 Å². The summed E-state index contributed by atoms with van der Waals surface area (Å²) in [7, 11) is 0. The Labute approximate surface area is 137 Å². The average Bonchev–Trinajstić information content (AvgIpc) is 2.59. The third-order valence-corrected chi connectivity index (χ3v) is 3.68. The molecule has 3 rings (SSSR count). The van der Waals surface area contributed by atoms with E-state index >= 15 is 0 Å². The fourth-order valence-corrected chi connectivity index (χ4v) is 2.56. The van der Waals surface area contributed by atoms with Crippen LogP contribution in [0.2, 0.25) is 5.02 Å². The Balaban J connectivity index is 2.20. The molecule has 1 heterocycles. The molecular formula is C18H11ClN2O2. The molecule has 112 valence electrons. The second kappa shape index (κ2) is 6.47. The van der Waals surface area contributed by atoms with Gasteiger partial charge in [0.05, 0.1) is 16.8 Å². The van der Waals surface area contributed by atoms with Crippen molar-refractivity contribution in [3.63, 3.8) is 0 Å². The summed E-state index contributed by atoms with van der Waals surface area (Å²) in [6.45, 7) is -0.295. The molecule has 0 bridgehead atoms. The first kappa shape index (κ1) is 15.0. The fourth-order valence-electron chi connectivity index (χ4n) is 2.33. The molecular weight excluding hydrogens is 312 g/mol. The van der Waals surface area contributed by atoms with Crippen molar-refractivity contribution >= 4 is 28.5 Å². The van der Waals surface area contributed by atoms with E-state index in [-0.39, 0.29) is 6.61 Å². The van der Waals surface area contributed by atoms with Gasteiger partial charge in [-0.3, -0.25) is 0 Å². The van der Waals surface area contributed by atoms with Crippen molar-refractivity contribution in [1.82, 2.24) is 4.98 Å². The highest BCUT2D eigenvalue weighted by Gasteiger charge is 2.16. The van der Waals surface area contributed by atoms with Crippen LogP contribution < -0.4 is 0 Å². The van der Waals surface area contributed by atoms with Gasteiger partial charge in [0.1, 0.15) is 6.07 Å². The maximum Gasteiger partial charge on any atom is 0.339 e. The number of nitrogens with zero attached hydrogens (tertiary/aromatic N) is 2. The largest absolute Gasteiger partial charge is 0.447 e. The van der Waals surface area contributed by atoms with Crippen LogP contribution in [0.25, 0.3) is 22.2 Å². The van der Waals surface area contributed by atoms with E-state index in [1.165, 1.54) is 0 Å². The van der Waals surface area contributed by atoms with Gasteiger partial charge in [-0.05, 0) is 18.2 Å². The first-order valence-electron chi connectivity index (χ1n) is 6.89. The molecule has 3 aromatic rings. The van der Waals surface area contributed by atoms with E-state index in [1.54, 1.807) is 24.3 Å². The van der Waals surface area contributed by atoms with E-state index in [1.807, 2.05) is 36.4 Å². The van der Waals surface area contributed by atoms with E-state index in [0.29, 0.717) is 27.2 Å². The molecule has 0 spiro atoms. The minimum atomic E-state index is -0.557. The predicted octanol–water partition coefficient (Wildman–Crippen LogP) is 4.24. The van der Waals surface area contributed by atoms with Crippen molar-refractivity contribution < 1.29 is 9.53 Å². The molecule has 4 nitrogen and oxygen atoms in total. The third kappa shape index (κ3) is 3.01. The predicted molar refractivity (Wildman–Crippen MR) is 88.1 cm³/mol. The number of ether oxygens (including phenoxy) is 1. The second-order valence-corrected chi connectivity index (χ2v) is 5.19. The molecule has 0 aliphatic heterocycles. The summed E-state index contributed by atoms with van der Waals surface area (Å²) in [5, 5.41) is 9.81. The van der Waals surface area contributed by atoms with Crippen LogP contribution in [0, 0.1) is 11.3 Å². The molecule has 0 aliphatic carbocycles. The SMILES string of the molecule is N#CCOC(=O)c1cc(-c2ccccc2Cl)nc2ccccc12. The number of carbonyl (C=O) groups excluding carboxylic acids is 1. The fraction of sp³-hybridized carbons (Fsp3) is 0.0556. The van der Waals surface area contributed by atoms with Crippen molar-refractivity contribution in [2.45, 2.75) is 0 Å². The van der Waals surface area contributed by atoms with Gasteiger partial charge in [0.25, 0.3) is 0 Å². The number of hydrogen-bond acceptors (Lipinski definition) is 4. The number of carbonyl (C=O) groups is 1. The summed E-state index contributed by atoms with van der Waals surface area (Å²) in [5.41, 5.74) is 2.34. The van der Waals surface area contributed by atoms with E-state index in [0.717, 1.165) is 5.56 Å². The minimum absolute atomic E-state index is 0.295. The molecule has 0 aliphatic rings. The number of para-hydroxylation sites is 1. The number of hydrogen-bond donors (Lipinski definition) is 0. The summed E-state index contributed by atoms with van der Waals surface area (Å²) < 4.78 is 4.95. The summed E-state index contributed by atoms with van der Waals surface area (Å²) >= 11 is 6.23. The van der Waals surface area contributed by atoms with Gasteiger partial charge >= 0.3 is 5.97 Å². The number of pyridine rings is 1. The van der Waals surface area contributed by atoms with Gasteiger partial charge in [0.2, 0.25) is 0 Å². The van der Waals surface area contributed by atoms with Crippen LogP contribution in [0.3, 0.4) is 0 Å². The Bertz CT molecular complexity index is 932.